The van der Waals surface area contributed by atoms with Crippen molar-refractivity contribution < 1.29 is 18.7 Å². The van der Waals surface area contributed by atoms with E-state index in [4.69, 9.17) is 13.9 Å². The molecule has 128 valence electrons. The molecular weight excluding hydrogens is 340 g/mol. The Bertz CT molecular complexity index is 873. The normalized spacial score (nSPS) is 12.2. The predicted octanol–water partition coefficient (Wildman–Crippen LogP) is 4.10. The third-order valence-electron chi connectivity index (χ3n) is 3.75. The molecule has 6 nitrogen and oxygen atoms in total. The molecule has 3 aromatic rings. The Balaban J connectivity index is 1.26. The number of hydrogen-bond acceptors (Lipinski definition) is 5. The Morgan fingerprint density at radius 3 is 2.92 bits per heavy atom. The summed E-state index contributed by atoms with van der Waals surface area (Å²) in [4.78, 5) is 14.4. The van der Waals surface area contributed by atoms with E-state index in [2.05, 4.69) is 22.8 Å². The van der Waals surface area contributed by atoms with Crippen LogP contribution < -0.4 is 20.1 Å². The second-order valence-corrected chi connectivity index (χ2v) is 6.65. The van der Waals surface area contributed by atoms with E-state index in [-0.39, 0.29) is 12.8 Å². The number of furan rings is 1. The van der Waals surface area contributed by atoms with Crippen molar-refractivity contribution in [2.75, 3.05) is 18.7 Å². The summed E-state index contributed by atoms with van der Waals surface area (Å²) in [5.41, 5.74) is 1.74. The molecule has 7 heteroatoms. The molecule has 1 aliphatic heterocycles. The van der Waals surface area contributed by atoms with Gasteiger partial charge in [0.2, 0.25) is 6.79 Å². The first-order valence-electron chi connectivity index (χ1n) is 7.84. The van der Waals surface area contributed by atoms with Gasteiger partial charge in [0.1, 0.15) is 0 Å². The lowest BCUT2D eigenvalue weighted by molar-refractivity contribution is 0.174. The maximum Gasteiger partial charge on any atom is 0.319 e. The average Bonchev–Trinajstić information content (AvgIpc) is 3.35. The van der Waals surface area contributed by atoms with E-state index in [1.165, 1.54) is 4.88 Å². The van der Waals surface area contributed by atoms with Crippen molar-refractivity contribution >= 4 is 23.1 Å². The summed E-state index contributed by atoms with van der Waals surface area (Å²) < 4.78 is 15.6. The minimum atomic E-state index is -0.245. The monoisotopic (exact) mass is 356 g/mol. The van der Waals surface area contributed by atoms with Crippen LogP contribution in [0.1, 0.15) is 4.88 Å². The minimum absolute atomic E-state index is 0.215. The van der Waals surface area contributed by atoms with Crippen molar-refractivity contribution in [1.29, 1.82) is 0 Å². The van der Waals surface area contributed by atoms with Gasteiger partial charge in [-0.3, -0.25) is 0 Å². The van der Waals surface area contributed by atoms with Crippen LogP contribution >= 0.6 is 11.3 Å². The van der Waals surface area contributed by atoms with Gasteiger partial charge in [0, 0.05) is 33.6 Å². The molecule has 2 N–H and O–H groups in total. The highest BCUT2D eigenvalue weighted by atomic mass is 32.1. The molecule has 0 radical (unpaired) electrons. The summed E-state index contributed by atoms with van der Waals surface area (Å²) in [6.45, 7) is 0.772. The smallest absolute Gasteiger partial charge is 0.319 e. The molecule has 0 saturated carbocycles. The number of rotatable bonds is 5. The molecule has 0 unspecified atom stereocenters. The van der Waals surface area contributed by atoms with Gasteiger partial charge in [0.05, 0.1) is 12.5 Å². The maximum absolute atomic E-state index is 12.0. The molecule has 0 spiro atoms. The molecule has 0 atom stereocenters. The summed E-state index contributed by atoms with van der Waals surface area (Å²) in [5, 5.41) is 5.65. The molecule has 2 amide bonds. The Morgan fingerprint density at radius 2 is 2.04 bits per heavy atom. The number of thiophene rings is 1. The van der Waals surface area contributed by atoms with Crippen LogP contribution in [0.4, 0.5) is 10.5 Å². The Kier molecular flexibility index (Phi) is 4.30. The van der Waals surface area contributed by atoms with Crippen LogP contribution in [-0.2, 0) is 6.42 Å². The van der Waals surface area contributed by atoms with Crippen LogP contribution in [0.25, 0.3) is 10.4 Å². The topological polar surface area (TPSA) is 72.7 Å². The summed E-state index contributed by atoms with van der Waals surface area (Å²) in [6, 6.07) is 11.1. The number of carbonyl (C=O) groups excluding carboxylic acids is 1. The van der Waals surface area contributed by atoms with E-state index in [9.17, 15) is 4.79 Å². The zero-order valence-electron chi connectivity index (χ0n) is 13.3. The number of fused-ring (bicyclic) bond motifs is 1. The lowest BCUT2D eigenvalue weighted by Crippen LogP contribution is -2.30. The first-order valence-corrected chi connectivity index (χ1v) is 8.65. The highest BCUT2D eigenvalue weighted by Gasteiger charge is 2.14. The Hall–Kier alpha value is -2.93. The highest BCUT2D eigenvalue weighted by molar-refractivity contribution is 7.15. The zero-order chi connectivity index (χ0) is 17.1. The van der Waals surface area contributed by atoms with E-state index in [0.717, 1.165) is 16.9 Å². The molecule has 0 saturated heterocycles. The highest BCUT2D eigenvalue weighted by Crippen LogP contribution is 2.34. The zero-order valence-corrected chi connectivity index (χ0v) is 14.1. The van der Waals surface area contributed by atoms with Crippen LogP contribution in [0.2, 0.25) is 0 Å². The van der Waals surface area contributed by atoms with Gasteiger partial charge in [-0.1, -0.05) is 0 Å². The molecule has 0 bridgehead atoms. The second-order valence-electron chi connectivity index (χ2n) is 5.48. The van der Waals surface area contributed by atoms with Gasteiger partial charge < -0.3 is 24.5 Å². The first kappa shape index (κ1) is 15.6. The maximum atomic E-state index is 12.0. The third kappa shape index (κ3) is 3.61. The van der Waals surface area contributed by atoms with E-state index in [1.807, 2.05) is 6.07 Å². The summed E-state index contributed by atoms with van der Waals surface area (Å²) in [6.07, 6.45) is 4.17. The molecule has 3 heterocycles. The van der Waals surface area contributed by atoms with E-state index < -0.39 is 0 Å². The number of hydrogen-bond donors (Lipinski definition) is 2. The fourth-order valence-electron chi connectivity index (χ4n) is 2.52. The lowest BCUT2D eigenvalue weighted by Gasteiger charge is -2.07. The molecule has 1 aliphatic rings. The van der Waals surface area contributed by atoms with Crippen LogP contribution in [0.3, 0.4) is 0 Å². The largest absolute Gasteiger partial charge is 0.472 e. The van der Waals surface area contributed by atoms with Crippen molar-refractivity contribution in [3.05, 3.63) is 53.8 Å². The van der Waals surface area contributed by atoms with Gasteiger partial charge in [0.25, 0.3) is 0 Å². The fraction of sp³-hybridized carbons (Fsp3) is 0.167. The summed E-state index contributed by atoms with van der Waals surface area (Å²) in [7, 11) is 0. The molecule has 25 heavy (non-hydrogen) atoms. The van der Waals surface area contributed by atoms with Gasteiger partial charge in [-0.25, -0.2) is 4.79 Å². The number of benzene rings is 1. The first-order chi connectivity index (χ1) is 12.3. The summed E-state index contributed by atoms with van der Waals surface area (Å²) >= 11 is 1.70. The molecule has 2 aromatic heterocycles. The summed E-state index contributed by atoms with van der Waals surface area (Å²) in [5.74, 6) is 1.33. The van der Waals surface area contributed by atoms with Gasteiger partial charge in [-0.05, 0) is 36.8 Å². The fourth-order valence-corrected chi connectivity index (χ4v) is 3.51. The minimum Gasteiger partial charge on any atom is -0.472 e. The van der Waals surface area contributed by atoms with Gasteiger partial charge in [-0.2, -0.15) is 0 Å². The SMILES string of the molecule is O=C(NCCc1ccc(-c2ccoc2)s1)Nc1ccc2c(c1)OCO2. The Morgan fingerprint density at radius 1 is 1.12 bits per heavy atom. The third-order valence-corrected chi connectivity index (χ3v) is 4.95. The van der Waals surface area contributed by atoms with Gasteiger partial charge >= 0.3 is 6.03 Å². The van der Waals surface area contributed by atoms with E-state index in [1.54, 1.807) is 42.1 Å². The van der Waals surface area contributed by atoms with E-state index in [0.29, 0.717) is 23.7 Å². The number of anilines is 1. The molecule has 4 rings (SSSR count). The average molecular weight is 356 g/mol. The van der Waals surface area contributed by atoms with Crippen LogP contribution in [0.15, 0.2) is 53.3 Å². The van der Waals surface area contributed by atoms with Crippen LogP contribution in [0.5, 0.6) is 11.5 Å². The Labute approximate surface area is 148 Å². The number of amides is 2. The molecule has 0 aliphatic carbocycles. The number of ether oxygens (including phenoxy) is 2. The van der Waals surface area contributed by atoms with Crippen molar-refractivity contribution in [2.45, 2.75) is 6.42 Å². The van der Waals surface area contributed by atoms with Crippen molar-refractivity contribution in [3.8, 4) is 21.9 Å². The quantitative estimate of drug-likeness (QED) is 0.722. The second kappa shape index (κ2) is 6.90. The molecular formula is C18H16N2O4S. The lowest BCUT2D eigenvalue weighted by atomic mass is 10.2. The number of nitrogens with one attached hydrogen (secondary N) is 2. The molecule has 0 fully saturated rings. The number of urea groups is 1. The van der Waals surface area contributed by atoms with Crippen molar-refractivity contribution in [1.82, 2.24) is 5.32 Å². The van der Waals surface area contributed by atoms with Crippen LogP contribution in [0, 0.1) is 0 Å². The number of carbonyl (C=O) groups is 1. The van der Waals surface area contributed by atoms with Gasteiger partial charge in [0.15, 0.2) is 11.5 Å². The molecule has 1 aromatic carbocycles. The predicted molar refractivity (Wildman–Crippen MR) is 95.3 cm³/mol. The van der Waals surface area contributed by atoms with Crippen LogP contribution in [-0.4, -0.2) is 19.4 Å². The van der Waals surface area contributed by atoms with Gasteiger partial charge in [-0.15, -0.1) is 11.3 Å². The standard InChI is InChI=1S/C18H16N2O4S/c21-18(20-13-1-3-15-16(9-13)24-11-23-15)19-7-5-14-2-4-17(25-14)12-6-8-22-10-12/h1-4,6,8-10H,5,7,11H2,(H2,19,20,21). The van der Waals surface area contributed by atoms with E-state index >= 15 is 0 Å². The van der Waals surface area contributed by atoms with Crippen molar-refractivity contribution in [3.63, 3.8) is 0 Å². The van der Waals surface area contributed by atoms with Crippen molar-refractivity contribution in [2.24, 2.45) is 0 Å².